The number of likely N-dealkylation sites (tertiary alicyclic amines) is 1. The van der Waals surface area contributed by atoms with Crippen LogP contribution < -0.4 is 5.32 Å². The molecule has 0 aromatic heterocycles. The number of carboxylic acid groups (broad SMARTS) is 1. The second kappa shape index (κ2) is 6.34. The molecule has 7 nitrogen and oxygen atoms in total. The average Bonchev–Trinajstić information content (AvgIpc) is 2.68. The Balaban J connectivity index is 2.47. The van der Waals surface area contributed by atoms with E-state index >= 15 is 0 Å². The highest BCUT2D eigenvalue weighted by Crippen LogP contribution is 2.17. The zero-order chi connectivity index (χ0) is 13.7. The number of nitrogens with zero attached hydrogens (tertiary/aromatic N) is 1. The van der Waals surface area contributed by atoms with Gasteiger partial charge in [-0.05, 0) is 6.92 Å². The third-order valence-corrected chi connectivity index (χ3v) is 2.88. The molecule has 102 valence electrons. The van der Waals surface area contributed by atoms with E-state index in [1.807, 2.05) is 0 Å². The smallest absolute Gasteiger partial charge is 0.325 e. The number of carbonyl (C=O) groups is 3. The summed E-state index contributed by atoms with van der Waals surface area (Å²) in [5.41, 5.74) is 0. The maximum absolute atomic E-state index is 11.7. The van der Waals surface area contributed by atoms with Gasteiger partial charge in [-0.3, -0.25) is 14.4 Å². The predicted molar refractivity (Wildman–Crippen MR) is 61.8 cm³/mol. The first-order valence-electron chi connectivity index (χ1n) is 5.75. The van der Waals surface area contributed by atoms with Gasteiger partial charge in [0.1, 0.15) is 6.04 Å². The molecule has 0 bridgehead atoms. The number of carboxylic acids is 1. The normalized spacial score (nSPS) is 20.9. The fourth-order valence-corrected chi connectivity index (χ4v) is 1.76. The molecule has 0 aromatic carbocycles. The molecule has 1 unspecified atom stereocenters. The number of hydrogen-bond donors (Lipinski definition) is 2. The standard InChI is InChI=1S/C11H18N2O5/c1-7(11(16)17)12-10(15)8-5-9(14)13(6-8)3-4-18-2/h7-8H,3-6H2,1-2H3,(H,12,15)(H,16,17)/t7-,8?/m1/s1. The lowest BCUT2D eigenvalue weighted by atomic mass is 10.1. The molecule has 1 saturated heterocycles. The van der Waals surface area contributed by atoms with Gasteiger partial charge in [0.15, 0.2) is 0 Å². The van der Waals surface area contributed by atoms with Gasteiger partial charge in [0, 0.05) is 26.6 Å². The van der Waals surface area contributed by atoms with E-state index in [0.29, 0.717) is 19.7 Å². The van der Waals surface area contributed by atoms with Crippen molar-refractivity contribution in [2.75, 3.05) is 26.8 Å². The van der Waals surface area contributed by atoms with Crippen molar-refractivity contribution >= 4 is 17.8 Å². The number of ether oxygens (including phenoxy) is 1. The molecule has 18 heavy (non-hydrogen) atoms. The summed E-state index contributed by atoms with van der Waals surface area (Å²) in [4.78, 5) is 35.5. The number of aliphatic carboxylic acids is 1. The Kier molecular flexibility index (Phi) is 5.08. The van der Waals surface area contributed by atoms with Crippen molar-refractivity contribution in [1.82, 2.24) is 10.2 Å². The van der Waals surface area contributed by atoms with Gasteiger partial charge in [-0.25, -0.2) is 0 Å². The summed E-state index contributed by atoms with van der Waals surface area (Å²) in [5.74, 6) is -2.06. The highest BCUT2D eigenvalue weighted by Gasteiger charge is 2.34. The monoisotopic (exact) mass is 258 g/mol. The third-order valence-electron chi connectivity index (χ3n) is 2.88. The minimum atomic E-state index is -1.09. The van der Waals surface area contributed by atoms with Crippen LogP contribution in [-0.4, -0.2) is 60.6 Å². The topological polar surface area (TPSA) is 95.9 Å². The predicted octanol–water partition coefficient (Wildman–Crippen LogP) is -0.929. The van der Waals surface area contributed by atoms with Gasteiger partial charge in [-0.15, -0.1) is 0 Å². The average molecular weight is 258 g/mol. The lowest BCUT2D eigenvalue weighted by molar-refractivity contribution is -0.141. The Morgan fingerprint density at radius 1 is 1.61 bits per heavy atom. The van der Waals surface area contributed by atoms with E-state index in [-0.39, 0.29) is 12.3 Å². The van der Waals surface area contributed by atoms with Gasteiger partial charge >= 0.3 is 5.97 Å². The first-order chi connectivity index (χ1) is 8.45. The Hall–Kier alpha value is -1.63. The Morgan fingerprint density at radius 2 is 2.28 bits per heavy atom. The van der Waals surface area contributed by atoms with Crippen LogP contribution in [0, 0.1) is 5.92 Å². The molecule has 0 saturated carbocycles. The van der Waals surface area contributed by atoms with Crippen LogP contribution in [0.5, 0.6) is 0 Å². The van der Waals surface area contributed by atoms with Gasteiger partial charge in [0.25, 0.3) is 0 Å². The van der Waals surface area contributed by atoms with Gasteiger partial charge < -0.3 is 20.1 Å². The first-order valence-corrected chi connectivity index (χ1v) is 5.75. The molecular formula is C11H18N2O5. The largest absolute Gasteiger partial charge is 0.480 e. The third kappa shape index (κ3) is 3.69. The van der Waals surface area contributed by atoms with Crippen LogP contribution in [0.1, 0.15) is 13.3 Å². The number of rotatable bonds is 6. The minimum Gasteiger partial charge on any atom is -0.480 e. The van der Waals surface area contributed by atoms with E-state index in [0.717, 1.165) is 0 Å². The van der Waals surface area contributed by atoms with Crippen LogP contribution in [0.2, 0.25) is 0 Å². The molecule has 0 aliphatic carbocycles. The van der Waals surface area contributed by atoms with Crippen LogP contribution in [0.25, 0.3) is 0 Å². The molecule has 2 amide bonds. The molecule has 0 aromatic rings. The lowest BCUT2D eigenvalue weighted by Gasteiger charge is -2.16. The number of carbonyl (C=O) groups excluding carboxylic acids is 2. The van der Waals surface area contributed by atoms with Crippen LogP contribution in [-0.2, 0) is 19.1 Å². The van der Waals surface area contributed by atoms with Crippen molar-refractivity contribution in [3.63, 3.8) is 0 Å². The summed E-state index contributed by atoms with van der Waals surface area (Å²) >= 11 is 0. The van der Waals surface area contributed by atoms with Crippen LogP contribution in [0.15, 0.2) is 0 Å². The minimum absolute atomic E-state index is 0.102. The Bertz CT molecular complexity index is 344. The van der Waals surface area contributed by atoms with E-state index in [1.165, 1.54) is 6.92 Å². The zero-order valence-electron chi connectivity index (χ0n) is 10.5. The van der Waals surface area contributed by atoms with Gasteiger partial charge in [-0.1, -0.05) is 0 Å². The summed E-state index contributed by atoms with van der Waals surface area (Å²) < 4.78 is 4.87. The number of hydrogen-bond acceptors (Lipinski definition) is 4. The quantitative estimate of drug-likeness (QED) is 0.641. The fourth-order valence-electron chi connectivity index (χ4n) is 1.76. The lowest BCUT2D eigenvalue weighted by Crippen LogP contribution is -2.42. The van der Waals surface area contributed by atoms with Crippen molar-refractivity contribution in [2.24, 2.45) is 5.92 Å². The second-order valence-corrected chi connectivity index (χ2v) is 4.30. The molecule has 0 radical (unpaired) electrons. The fraction of sp³-hybridized carbons (Fsp3) is 0.727. The van der Waals surface area contributed by atoms with E-state index < -0.39 is 23.8 Å². The van der Waals surface area contributed by atoms with Gasteiger partial charge in [-0.2, -0.15) is 0 Å². The maximum atomic E-state index is 11.7. The summed E-state index contributed by atoms with van der Waals surface area (Å²) in [6.45, 7) is 2.58. The molecule has 1 aliphatic rings. The molecule has 7 heteroatoms. The van der Waals surface area contributed by atoms with Crippen molar-refractivity contribution in [3.05, 3.63) is 0 Å². The zero-order valence-corrected chi connectivity index (χ0v) is 10.5. The highest BCUT2D eigenvalue weighted by molar-refractivity contribution is 5.91. The Labute approximate surface area is 105 Å². The second-order valence-electron chi connectivity index (χ2n) is 4.30. The van der Waals surface area contributed by atoms with E-state index in [4.69, 9.17) is 9.84 Å². The molecule has 1 aliphatic heterocycles. The number of amides is 2. The van der Waals surface area contributed by atoms with E-state index in [1.54, 1.807) is 12.0 Å². The maximum Gasteiger partial charge on any atom is 0.325 e. The summed E-state index contributed by atoms with van der Waals surface area (Å²) in [6.07, 6.45) is 0.127. The highest BCUT2D eigenvalue weighted by atomic mass is 16.5. The van der Waals surface area contributed by atoms with Crippen molar-refractivity contribution in [3.8, 4) is 0 Å². The summed E-state index contributed by atoms with van der Waals surface area (Å²) in [7, 11) is 1.54. The Morgan fingerprint density at radius 3 is 2.83 bits per heavy atom. The van der Waals surface area contributed by atoms with Gasteiger partial charge in [0.05, 0.1) is 12.5 Å². The SMILES string of the molecule is COCCN1CC(C(=O)N[C@H](C)C(=O)O)CC1=O. The molecular weight excluding hydrogens is 240 g/mol. The van der Waals surface area contributed by atoms with Crippen molar-refractivity contribution in [2.45, 2.75) is 19.4 Å². The van der Waals surface area contributed by atoms with Crippen LogP contribution in [0.4, 0.5) is 0 Å². The van der Waals surface area contributed by atoms with Gasteiger partial charge in [0.2, 0.25) is 11.8 Å². The van der Waals surface area contributed by atoms with Crippen LogP contribution in [0.3, 0.4) is 0 Å². The molecule has 1 heterocycles. The number of methoxy groups -OCH3 is 1. The molecule has 1 rings (SSSR count). The van der Waals surface area contributed by atoms with Crippen molar-refractivity contribution in [1.29, 1.82) is 0 Å². The number of nitrogens with one attached hydrogen (secondary N) is 1. The first kappa shape index (κ1) is 14.4. The van der Waals surface area contributed by atoms with E-state index in [2.05, 4.69) is 5.32 Å². The molecule has 1 fully saturated rings. The summed E-state index contributed by atoms with van der Waals surface area (Å²) in [6, 6.07) is -0.944. The summed E-state index contributed by atoms with van der Waals surface area (Å²) in [5, 5.41) is 11.1. The van der Waals surface area contributed by atoms with Crippen LogP contribution >= 0.6 is 0 Å². The molecule has 2 atom stereocenters. The van der Waals surface area contributed by atoms with E-state index in [9.17, 15) is 14.4 Å². The molecule has 0 spiro atoms. The van der Waals surface area contributed by atoms with Crippen molar-refractivity contribution < 1.29 is 24.2 Å². The molecule has 2 N–H and O–H groups in total.